The first-order chi connectivity index (χ1) is 13.4. The van der Waals surface area contributed by atoms with Crippen molar-refractivity contribution in [2.45, 2.75) is 32.4 Å². The van der Waals surface area contributed by atoms with E-state index in [-0.39, 0.29) is 12.3 Å². The van der Waals surface area contributed by atoms with Crippen molar-refractivity contribution in [2.75, 3.05) is 5.32 Å². The number of benzene rings is 2. The van der Waals surface area contributed by atoms with E-state index in [0.29, 0.717) is 23.4 Å². The number of rotatable bonds is 6. The van der Waals surface area contributed by atoms with Crippen LogP contribution in [-0.4, -0.2) is 16.1 Å². The van der Waals surface area contributed by atoms with Crippen molar-refractivity contribution < 1.29 is 18.0 Å². The van der Waals surface area contributed by atoms with Gasteiger partial charge in [0.2, 0.25) is 5.91 Å². The standard InChI is InChI=1S/C21H20F3N3O/c1-2-6-17-20(25-18(28)13-14-7-4-3-5-8-14)19(27-26-17)15-9-11-16(12-10-15)21(22,23)24/h3-5,7-12H,2,6,13H2,1H3,(H,25,28)(H,26,27). The summed E-state index contributed by atoms with van der Waals surface area (Å²) in [5, 5.41) is 10.0. The minimum absolute atomic E-state index is 0.198. The number of nitrogens with zero attached hydrogens (tertiary/aromatic N) is 1. The quantitative estimate of drug-likeness (QED) is 0.609. The molecule has 0 spiro atoms. The van der Waals surface area contributed by atoms with Crippen LogP contribution in [0.3, 0.4) is 0 Å². The predicted octanol–water partition coefficient (Wildman–Crippen LogP) is 5.23. The molecule has 0 fully saturated rings. The average Bonchev–Trinajstić information content (AvgIpc) is 3.04. The smallest absolute Gasteiger partial charge is 0.322 e. The molecule has 1 amide bonds. The number of nitrogens with one attached hydrogen (secondary N) is 2. The van der Waals surface area contributed by atoms with Crippen LogP contribution in [0.5, 0.6) is 0 Å². The molecule has 0 radical (unpaired) electrons. The Morgan fingerprint density at radius 3 is 2.36 bits per heavy atom. The van der Waals surface area contributed by atoms with Gasteiger partial charge in [0.05, 0.1) is 23.4 Å². The van der Waals surface area contributed by atoms with E-state index in [1.807, 2.05) is 37.3 Å². The van der Waals surface area contributed by atoms with E-state index in [0.717, 1.165) is 29.8 Å². The number of aromatic amines is 1. The number of amides is 1. The minimum atomic E-state index is -4.40. The zero-order valence-electron chi connectivity index (χ0n) is 15.3. The number of hydrogen-bond acceptors (Lipinski definition) is 2. The summed E-state index contributed by atoms with van der Waals surface area (Å²) < 4.78 is 38.4. The predicted molar refractivity (Wildman–Crippen MR) is 102 cm³/mol. The number of halogens is 3. The summed E-state index contributed by atoms with van der Waals surface area (Å²) in [6, 6.07) is 14.1. The van der Waals surface area contributed by atoms with Gasteiger partial charge in [0.25, 0.3) is 0 Å². The van der Waals surface area contributed by atoms with Gasteiger partial charge in [-0.1, -0.05) is 55.8 Å². The van der Waals surface area contributed by atoms with Crippen molar-refractivity contribution in [3.63, 3.8) is 0 Å². The van der Waals surface area contributed by atoms with Crippen LogP contribution in [0.25, 0.3) is 11.3 Å². The summed E-state index contributed by atoms with van der Waals surface area (Å²) in [4.78, 5) is 12.5. The molecule has 1 aromatic heterocycles. The summed E-state index contributed by atoms with van der Waals surface area (Å²) in [7, 11) is 0. The highest BCUT2D eigenvalue weighted by Gasteiger charge is 2.30. The molecule has 2 aromatic carbocycles. The third kappa shape index (κ3) is 4.60. The van der Waals surface area contributed by atoms with Gasteiger partial charge in [-0.05, 0) is 24.1 Å². The van der Waals surface area contributed by atoms with Crippen LogP contribution < -0.4 is 5.32 Å². The first kappa shape index (κ1) is 19.7. The van der Waals surface area contributed by atoms with Crippen LogP contribution in [0, 0.1) is 0 Å². The highest BCUT2D eigenvalue weighted by atomic mass is 19.4. The number of aromatic nitrogens is 2. The Morgan fingerprint density at radius 2 is 1.75 bits per heavy atom. The Labute approximate surface area is 160 Å². The lowest BCUT2D eigenvalue weighted by atomic mass is 10.1. The lowest BCUT2D eigenvalue weighted by molar-refractivity contribution is -0.137. The van der Waals surface area contributed by atoms with Crippen LogP contribution in [0.4, 0.5) is 18.9 Å². The molecule has 146 valence electrons. The first-order valence-electron chi connectivity index (χ1n) is 8.97. The molecule has 3 rings (SSSR count). The molecule has 0 saturated carbocycles. The van der Waals surface area contributed by atoms with Gasteiger partial charge in [-0.25, -0.2) is 0 Å². The summed E-state index contributed by atoms with van der Waals surface area (Å²) in [5.41, 5.74) is 2.34. The molecular formula is C21H20F3N3O. The molecule has 4 nitrogen and oxygen atoms in total. The molecule has 0 bridgehead atoms. The van der Waals surface area contributed by atoms with Crippen molar-refractivity contribution in [3.05, 3.63) is 71.4 Å². The van der Waals surface area contributed by atoms with Gasteiger partial charge in [0.15, 0.2) is 0 Å². The molecule has 2 N–H and O–H groups in total. The molecule has 0 unspecified atom stereocenters. The molecule has 0 saturated heterocycles. The highest BCUT2D eigenvalue weighted by molar-refractivity contribution is 5.96. The Balaban J connectivity index is 1.87. The van der Waals surface area contributed by atoms with Gasteiger partial charge in [-0.15, -0.1) is 0 Å². The monoisotopic (exact) mass is 387 g/mol. The van der Waals surface area contributed by atoms with Crippen LogP contribution in [0.1, 0.15) is 30.2 Å². The van der Waals surface area contributed by atoms with Gasteiger partial charge in [-0.3, -0.25) is 9.89 Å². The van der Waals surface area contributed by atoms with E-state index >= 15 is 0 Å². The normalized spacial score (nSPS) is 11.4. The second-order valence-corrected chi connectivity index (χ2v) is 6.46. The lowest BCUT2D eigenvalue weighted by Crippen LogP contribution is -2.15. The van der Waals surface area contributed by atoms with Crippen LogP contribution in [0.15, 0.2) is 54.6 Å². The SMILES string of the molecule is CCCc1[nH]nc(-c2ccc(C(F)(F)F)cc2)c1NC(=O)Cc1ccccc1. The van der Waals surface area contributed by atoms with E-state index in [4.69, 9.17) is 0 Å². The maximum absolute atomic E-state index is 12.8. The number of anilines is 1. The van der Waals surface area contributed by atoms with Crippen molar-refractivity contribution in [1.29, 1.82) is 0 Å². The molecule has 0 aliphatic carbocycles. The number of carbonyl (C=O) groups is 1. The Hall–Kier alpha value is -3.09. The number of alkyl halides is 3. The summed E-state index contributed by atoms with van der Waals surface area (Å²) in [5.74, 6) is -0.210. The average molecular weight is 387 g/mol. The first-order valence-corrected chi connectivity index (χ1v) is 8.97. The van der Waals surface area contributed by atoms with Crippen LogP contribution in [-0.2, 0) is 23.8 Å². The third-order valence-electron chi connectivity index (χ3n) is 4.30. The topological polar surface area (TPSA) is 57.8 Å². The number of aryl methyl sites for hydroxylation is 1. The van der Waals surface area contributed by atoms with E-state index in [9.17, 15) is 18.0 Å². The molecule has 28 heavy (non-hydrogen) atoms. The van der Waals surface area contributed by atoms with E-state index in [2.05, 4.69) is 15.5 Å². The Kier molecular flexibility index (Phi) is 5.82. The maximum atomic E-state index is 12.8. The van der Waals surface area contributed by atoms with Crippen molar-refractivity contribution >= 4 is 11.6 Å². The van der Waals surface area contributed by atoms with E-state index in [1.165, 1.54) is 12.1 Å². The van der Waals surface area contributed by atoms with Crippen molar-refractivity contribution in [2.24, 2.45) is 0 Å². The highest BCUT2D eigenvalue weighted by Crippen LogP contribution is 2.33. The molecule has 1 heterocycles. The van der Waals surface area contributed by atoms with Crippen LogP contribution in [0.2, 0.25) is 0 Å². The number of H-pyrrole nitrogens is 1. The van der Waals surface area contributed by atoms with E-state index < -0.39 is 11.7 Å². The second-order valence-electron chi connectivity index (χ2n) is 6.46. The van der Waals surface area contributed by atoms with Gasteiger partial charge in [-0.2, -0.15) is 18.3 Å². The molecule has 0 atom stereocenters. The lowest BCUT2D eigenvalue weighted by Gasteiger charge is -2.10. The Morgan fingerprint density at radius 1 is 1.07 bits per heavy atom. The molecular weight excluding hydrogens is 367 g/mol. The summed E-state index contributed by atoms with van der Waals surface area (Å²) in [6.45, 7) is 1.99. The number of hydrogen-bond donors (Lipinski definition) is 2. The van der Waals surface area contributed by atoms with Crippen molar-refractivity contribution in [1.82, 2.24) is 10.2 Å². The largest absolute Gasteiger partial charge is 0.416 e. The Bertz CT molecular complexity index is 932. The van der Waals surface area contributed by atoms with E-state index in [1.54, 1.807) is 0 Å². The molecule has 7 heteroatoms. The number of carbonyl (C=O) groups excluding carboxylic acids is 1. The van der Waals surface area contributed by atoms with Gasteiger partial charge in [0.1, 0.15) is 5.69 Å². The molecule has 3 aromatic rings. The fourth-order valence-corrected chi connectivity index (χ4v) is 2.93. The fourth-order valence-electron chi connectivity index (χ4n) is 2.93. The van der Waals surface area contributed by atoms with Gasteiger partial charge in [0, 0.05) is 5.56 Å². The maximum Gasteiger partial charge on any atom is 0.416 e. The fraction of sp³-hybridized carbons (Fsp3) is 0.238. The van der Waals surface area contributed by atoms with Crippen molar-refractivity contribution in [3.8, 4) is 11.3 Å². The molecule has 0 aliphatic rings. The second kappa shape index (κ2) is 8.29. The van der Waals surface area contributed by atoms with Gasteiger partial charge >= 0.3 is 6.18 Å². The summed E-state index contributed by atoms with van der Waals surface area (Å²) >= 11 is 0. The minimum Gasteiger partial charge on any atom is -0.322 e. The van der Waals surface area contributed by atoms with Gasteiger partial charge < -0.3 is 5.32 Å². The zero-order chi connectivity index (χ0) is 20.1. The third-order valence-corrected chi connectivity index (χ3v) is 4.30. The molecule has 0 aliphatic heterocycles. The zero-order valence-corrected chi connectivity index (χ0v) is 15.3. The van der Waals surface area contributed by atoms with Crippen LogP contribution >= 0.6 is 0 Å². The summed E-state index contributed by atoms with van der Waals surface area (Å²) in [6.07, 6.45) is -2.71.